The summed E-state index contributed by atoms with van der Waals surface area (Å²) in [4.78, 5) is 24.2. The van der Waals surface area contributed by atoms with Gasteiger partial charge in [0, 0.05) is 12.1 Å². The molecular formula is C18H20FN3O3. The molecule has 0 spiro atoms. The number of amides is 1. The van der Waals surface area contributed by atoms with Crippen molar-refractivity contribution in [2.75, 3.05) is 6.54 Å². The maximum atomic E-state index is 13.1. The molecule has 0 aliphatic heterocycles. The van der Waals surface area contributed by atoms with Gasteiger partial charge in [-0.1, -0.05) is 19.3 Å². The summed E-state index contributed by atoms with van der Waals surface area (Å²) in [6, 6.07) is 5.72. The van der Waals surface area contributed by atoms with E-state index in [-0.39, 0.29) is 18.3 Å². The minimum atomic E-state index is -0.895. The molecule has 132 valence electrons. The molecule has 25 heavy (non-hydrogen) atoms. The number of nitrogens with one attached hydrogen (secondary N) is 2. The molecule has 1 aliphatic rings. The van der Waals surface area contributed by atoms with Crippen LogP contribution < -0.4 is 5.32 Å². The van der Waals surface area contributed by atoms with Crippen LogP contribution in [0.4, 0.5) is 4.39 Å². The molecule has 0 saturated heterocycles. The van der Waals surface area contributed by atoms with E-state index >= 15 is 0 Å². The Hall–Kier alpha value is -2.70. The van der Waals surface area contributed by atoms with E-state index in [9.17, 15) is 19.1 Å². The summed E-state index contributed by atoms with van der Waals surface area (Å²) in [5, 5.41) is 19.0. The van der Waals surface area contributed by atoms with Gasteiger partial charge in [0.2, 0.25) is 0 Å². The second-order valence-electron chi connectivity index (χ2n) is 6.49. The first kappa shape index (κ1) is 17.1. The highest BCUT2D eigenvalue weighted by molar-refractivity contribution is 6.00. The van der Waals surface area contributed by atoms with E-state index in [1.165, 1.54) is 18.3 Å². The smallest absolute Gasteiger partial charge is 0.311 e. The number of carboxylic acid groups (broad SMARTS) is 1. The van der Waals surface area contributed by atoms with Gasteiger partial charge in [-0.2, -0.15) is 5.10 Å². The number of rotatable bonds is 5. The van der Waals surface area contributed by atoms with Gasteiger partial charge < -0.3 is 10.4 Å². The van der Waals surface area contributed by atoms with Crippen LogP contribution in [-0.4, -0.2) is 33.7 Å². The standard InChI is InChI=1S/C18H20FN3O3/c19-13-6-4-12(5-7-13)15-14(10-21-22-15)16(23)20-11-18(17(24)25)8-2-1-3-9-18/h4-7,10H,1-3,8-9,11H2,(H,20,23)(H,21,22)(H,24,25). The zero-order valence-electron chi connectivity index (χ0n) is 13.7. The van der Waals surface area contributed by atoms with Crippen LogP contribution in [0.25, 0.3) is 11.3 Å². The van der Waals surface area contributed by atoms with Gasteiger partial charge >= 0.3 is 5.97 Å². The quantitative estimate of drug-likeness (QED) is 0.776. The largest absolute Gasteiger partial charge is 0.481 e. The molecule has 1 fully saturated rings. The number of carbonyl (C=O) groups excluding carboxylic acids is 1. The lowest BCUT2D eigenvalue weighted by Gasteiger charge is -2.33. The molecule has 0 atom stereocenters. The van der Waals surface area contributed by atoms with Crippen molar-refractivity contribution in [3.63, 3.8) is 0 Å². The van der Waals surface area contributed by atoms with E-state index in [0.717, 1.165) is 19.3 Å². The average molecular weight is 345 g/mol. The Morgan fingerprint density at radius 3 is 2.52 bits per heavy atom. The number of hydrogen-bond acceptors (Lipinski definition) is 3. The van der Waals surface area contributed by atoms with Crippen LogP contribution >= 0.6 is 0 Å². The third-order valence-electron chi connectivity index (χ3n) is 4.87. The van der Waals surface area contributed by atoms with Crippen molar-refractivity contribution in [3.05, 3.63) is 41.8 Å². The minimum absolute atomic E-state index is 0.0925. The van der Waals surface area contributed by atoms with Crippen LogP contribution in [0.5, 0.6) is 0 Å². The van der Waals surface area contributed by atoms with Crippen LogP contribution in [-0.2, 0) is 4.79 Å². The highest BCUT2D eigenvalue weighted by atomic mass is 19.1. The van der Waals surface area contributed by atoms with Crippen LogP contribution in [0.3, 0.4) is 0 Å². The molecule has 3 rings (SSSR count). The van der Waals surface area contributed by atoms with Crippen molar-refractivity contribution < 1.29 is 19.1 Å². The second-order valence-corrected chi connectivity index (χ2v) is 6.49. The van der Waals surface area contributed by atoms with Crippen molar-refractivity contribution >= 4 is 11.9 Å². The summed E-state index contributed by atoms with van der Waals surface area (Å²) >= 11 is 0. The fourth-order valence-electron chi connectivity index (χ4n) is 3.33. The average Bonchev–Trinajstić information content (AvgIpc) is 3.11. The summed E-state index contributed by atoms with van der Waals surface area (Å²) in [5.74, 6) is -1.62. The van der Waals surface area contributed by atoms with Gasteiger partial charge in [0.05, 0.1) is 22.9 Å². The predicted molar refractivity (Wildman–Crippen MR) is 89.5 cm³/mol. The van der Waals surface area contributed by atoms with E-state index in [4.69, 9.17) is 0 Å². The Kier molecular flexibility index (Phi) is 4.83. The first-order chi connectivity index (χ1) is 12.0. The van der Waals surface area contributed by atoms with Crippen molar-refractivity contribution in [2.24, 2.45) is 5.41 Å². The topological polar surface area (TPSA) is 95.1 Å². The molecular weight excluding hydrogens is 325 g/mol. The molecule has 0 unspecified atom stereocenters. The highest BCUT2D eigenvalue weighted by Gasteiger charge is 2.40. The lowest BCUT2D eigenvalue weighted by molar-refractivity contribution is -0.150. The number of hydrogen-bond donors (Lipinski definition) is 3. The van der Waals surface area contributed by atoms with Gasteiger partial charge in [0.25, 0.3) is 5.91 Å². The van der Waals surface area contributed by atoms with Crippen molar-refractivity contribution in [3.8, 4) is 11.3 Å². The Morgan fingerprint density at radius 2 is 1.88 bits per heavy atom. The monoisotopic (exact) mass is 345 g/mol. The Balaban J connectivity index is 1.75. The first-order valence-electron chi connectivity index (χ1n) is 8.33. The zero-order valence-corrected chi connectivity index (χ0v) is 13.7. The number of halogens is 1. The van der Waals surface area contributed by atoms with Gasteiger partial charge in [0.1, 0.15) is 5.82 Å². The van der Waals surface area contributed by atoms with Crippen molar-refractivity contribution in [2.45, 2.75) is 32.1 Å². The zero-order chi connectivity index (χ0) is 17.9. The maximum Gasteiger partial charge on any atom is 0.311 e. The highest BCUT2D eigenvalue weighted by Crippen LogP contribution is 2.36. The third-order valence-corrected chi connectivity index (χ3v) is 4.87. The molecule has 1 aromatic heterocycles. The van der Waals surface area contributed by atoms with E-state index in [2.05, 4.69) is 15.5 Å². The number of H-pyrrole nitrogens is 1. The normalized spacial score (nSPS) is 16.4. The van der Waals surface area contributed by atoms with Crippen LogP contribution in [0.2, 0.25) is 0 Å². The molecule has 1 aromatic carbocycles. The van der Waals surface area contributed by atoms with Crippen molar-refractivity contribution in [1.82, 2.24) is 15.5 Å². The number of nitrogens with zero attached hydrogens (tertiary/aromatic N) is 1. The first-order valence-corrected chi connectivity index (χ1v) is 8.33. The van der Waals surface area contributed by atoms with Crippen LogP contribution in [0.15, 0.2) is 30.5 Å². The summed E-state index contributed by atoms with van der Waals surface area (Å²) in [6.45, 7) is 0.0925. The fraction of sp³-hybridized carbons (Fsp3) is 0.389. The van der Waals surface area contributed by atoms with Gasteiger partial charge in [-0.3, -0.25) is 14.7 Å². The second kappa shape index (κ2) is 7.04. The van der Waals surface area contributed by atoms with Gasteiger partial charge in [-0.15, -0.1) is 0 Å². The summed E-state index contributed by atoms with van der Waals surface area (Å²) < 4.78 is 13.1. The SMILES string of the molecule is O=C(NCC1(C(=O)O)CCCCC1)c1cn[nH]c1-c1ccc(F)cc1. The van der Waals surface area contributed by atoms with E-state index in [1.807, 2.05) is 0 Å². The summed E-state index contributed by atoms with van der Waals surface area (Å²) in [5.41, 5.74) is 0.524. The molecule has 1 heterocycles. The lowest BCUT2D eigenvalue weighted by Crippen LogP contribution is -2.44. The molecule has 1 saturated carbocycles. The van der Waals surface area contributed by atoms with E-state index < -0.39 is 11.4 Å². The number of carboxylic acids is 1. The molecule has 2 aromatic rings. The molecule has 0 bridgehead atoms. The van der Waals surface area contributed by atoms with Crippen molar-refractivity contribution in [1.29, 1.82) is 0 Å². The molecule has 1 aliphatic carbocycles. The number of benzene rings is 1. The molecule has 0 radical (unpaired) electrons. The molecule has 7 heteroatoms. The summed E-state index contributed by atoms with van der Waals surface area (Å²) in [6.07, 6.45) is 5.27. The van der Waals surface area contributed by atoms with Gasteiger partial charge in [-0.25, -0.2) is 4.39 Å². The van der Waals surface area contributed by atoms with E-state index in [1.54, 1.807) is 12.1 Å². The number of carbonyl (C=O) groups is 2. The van der Waals surface area contributed by atoms with E-state index in [0.29, 0.717) is 29.7 Å². The maximum absolute atomic E-state index is 13.1. The van der Waals surface area contributed by atoms with Gasteiger partial charge in [-0.05, 0) is 37.1 Å². The number of aromatic amines is 1. The Bertz CT molecular complexity index is 764. The predicted octanol–water partition coefficient (Wildman–Crippen LogP) is 2.98. The molecule has 1 amide bonds. The Labute approximate surface area is 144 Å². The van der Waals surface area contributed by atoms with Crippen LogP contribution in [0.1, 0.15) is 42.5 Å². The fourth-order valence-corrected chi connectivity index (χ4v) is 3.33. The summed E-state index contributed by atoms with van der Waals surface area (Å²) in [7, 11) is 0. The molecule has 3 N–H and O–H groups in total. The van der Waals surface area contributed by atoms with Crippen LogP contribution in [0, 0.1) is 11.2 Å². The lowest BCUT2D eigenvalue weighted by atomic mass is 9.74. The minimum Gasteiger partial charge on any atom is -0.481 e. The molecule has 6 nitrogen and oxygen atoms in total. The third kappa shape index (κ3) is 3.55. The Morgan fingerprint density at radius 1 is 1.20 bits per heavy atom. The number of aromatic nitrogens is 2. The number of aliphatic carboxylic acids is 1. The van der Waals surface area contributed by atoms with Gasteiger partial charge in [0.15, 0.2) is 0 Å².